The van der Waals surface area contributed by atoms with Crippen molar-refractivity contribution in [1.29, 1.82) is 0 Å². The molecule has 0 aliphatic carbocycles. The first-order chi connectivity index (χ1) is 10.2. The highest BCUT2D eigenvalue weighted by molar-refractivity contribution is 6.12. The quantitative estimate of drug-likeness (QED) is 0.878. The van der Waals surface area contributed by atoms with E-state index in [1.165, 1.54) is 0 Å². The molecule has 0 bridgehead atoms. The molecule has 0 radical (unpaired) electrons. The van der Waals surface area contributed by atoms with E-state index in [2.05, 4.69) is 5.32 Å². The molecule has 2 amide bonds. The van der Waals surface area contributed by atoms with E-state index in [1.54, 1.807) is 4.90 Å². The number of nitrogens with one attached hydrogen (secondary N) is 1. The number of benzene rings is 2. The Balaban J connectivity index is 1.94. The largest absolute Gasteiger partial charge is 0.356 e. The van der Waals surface area contributed by atoms with Crippen LogP contribution in [-0.4, -0.2) is 24.9 Å². The second-order valence-electron chi connectivity index (χ2n) is 5.22. The molecule has 21 heavy (non-hydrogen) atoms. The van der Waals surface area contributed by atoms with Crippen LogP contribution < -0.4 is 10.2 Å². The zero-order valence-electron chi connectivity index (χ0n) is 12.0. The molecule has 4 nitrogen and oxygen atoms in total. The average Bonchev–Trinajstić information content (AvgIpc) is 2.88. The van der Waals surface area contributed by atoms with E-state index in [9.17, 15) is 9.59 Å². The number of amides is 2. The fraction of sp³-hybridized carbons (Fsp3) is 0.294. The van der Waals surface area contributed by atoms with Crippen molar-refractivity contribution in [1.82, 2.24) is 5.32 Å². The van der Waals surface area contributed by atoms with Crippen molar-refractivity contribution in [2.45, 2.75) is 13.3 Å². The number of nitrogens with zero attached hydrogens (tertiary/aromatic N) is 1. The predicted octanol–water partition coefficient (Wildman–Crippen LogP) is 2.33. The van der Waals surface area contributed by atoms with Crippen LogP contribution in [0.5, 0.6) is 0 Å². The van der Waals surface area contributed by atoms with Gasteiger partial charge in [0.2, 0.25) is 11.8 Å². The number of hydrogen-bond acceptors (Lipinski definition) is 2. The van der Waals surface area contributed by atoms with Crippen molar-refractivity contribution < 1.29 is 9.59 Å². The summed E-state index contributed by atoms with van der Waals surface area (Å²) in [7, 11) is 0. The first-order valence-electron chi connectivity index (χ1n) is 7.29. The highest BCUT2D eigenvalue weighted by atomic mass is 16.2. The summed E-state index contributed by atoms with van der Waals surface area (Å²) < 4.78 is 0. The standard InChI is InChI=1S/C17H18N2O2/c1-2-18-16(20)14-10-11-19(17(14)21)15-9-5-7-12-6-3-4-8-13(12)15/h3-9,14H,2,10-11H2,1H3,(H,18,20)/t14-/m0/s1. The molecule has 3 rings (SSSR count). The number of fused-ring (bicyclic) bond motifs is 1. The smallest absolute Gasteiger partial charge is 0.239 e. The molecule has 1 heterocycles. The molecule has 0 unspecified atom stereocenters. The van der Waals surface area contributed by atoms with Crippen molar-refractivity contribution in [2.75, 3.05) is 18.0 Å². The predicted molar refractivity (Wildman–Crippen MR) is 83.1 cm³/mol. The molecule has 108 valence electrons. The highest BCUT2D eigenvalue weighted by Gasteiger charge is 2.37. The van der Waals surface area contributed by atoms with E-state index in [-0.39, 0.29) is 11.8 Å². The van der Waals surface area contributed by atoms with Crippen LogP contribution >= 0.6 is 0 Å². The molecule has 0 saturated carbocycles. The monoisotopic (exact) mass is 282 g/mol. The van der Waals surface area contributed by atoms with Crippen molar-refractivity contribution >= 4 is 28.3 Å². The number of hydrogen-bond donors (Lipinski definition) is 1. The molecule has 1 fully saturated rings. The number of rotatable bonds is 3. The summed E-state index contributed by atoms with van der Waals surface area (Å²) in [5.74, 6) is -0.813. The van der Waals surface area contributed by atoms with Crippen molar-refractivity contribution in [2.24, 2.45) is 5.92 Å². The summed E-state index contributed by atoms with van der Waals surface area (Å²) in [6.45, 7) is 3.01. The van der Waals surface area contributed by atoms with Gasteiger partial charge < -0.3 is 10.2 Å². The average molecular weight is 282 g/mol. The Bertz CT molecular complexity index is 691. The van der Waals surface area contributed by atoms with Gasteiger partial charge in [-0.25, -0.2) is 0 Å². The summed E-state index contributed by atoms with van der Waals surface area (Å²) in [6.07, 6.45) is 0.577. The van der Waals surface area contributed by atoms with E-state index in [0.717, 1.165) is 16.5 Å². The van der Waals surface area contributed by atoms with Crippen LogP contribution in [0.2, 0.25) is 0 Å². The lowest BCUT2D eigenvalue weighted by molar-refractivity contribution is -0.132. The lowest BCUT2D eigenvalue weighted by Crippen LogP contribution is -2.36. The van der Waals surface area contributed by atoms with Gasteiger partial charge in [-0.05, 0) is 24.8 Å². The first-order valence-corrected chi connectivity index (χ1v) is 7.29. The van der Waals surface area contributed by atoms with Crippen molar-refractivity contribution in [3.05, 3.63) is 42.5 Å². The highest BCUT2D eigenvalue weighted by Crippen LogP contribution is 2.31. The maximum Gasteiger partial charge on any atom is 0.239 e. The molecule has 0 spiro atoms. The van der Waals surface area contributed by atoms with Gasteiger partial charge in [0.05, 0.1) is 5.69 Å². The third kappa shape index (κ3) is 2.37. The fourth-order valence-corrected chi connectivity index (χ4v) is 2.90. The zero-order chi connectivity index (χ0) is 14.8. The SMILES string of the molecule is CCNC(=O)[C@@H]1CCN(c2cccc3ccccc23)C1=O. The maximum atomic E-state index is 12.5. The minimum Gasteiger partial charge on any atom is -0.356 e. The second-order valence-corrected chi connectivity index (χ2v) is 5.22. The molecule has 1 saturated heterocycles. The van der Waals surface area contributed by atoms with Gasteiger partial charge in [-0.15, -0.1) is 0 Å². The van der Waals surface area contributed by atoms with E-state index in [1.807, 2.05) is 49.4 Å². The molecule has 1 aliphatic rings. The molecule has 1 aliphatic heterocycles. The summed E-state index contributed by atoms with van der Waals surface area (Å²) in [4.78, 5) is 26.2. The van der Waals surface area contributed by atoms with Crippen LogP contribution in [0.15, 0.2) is 42.5 Å². The van der Waals surface area contributed by atoms with Gasteiger partial charge >= 0.3 is 0 Å². The molecular formula is C17H18N2O2. The number of anilines is 1. The zero-order valence-corrected chi connectivity index (χ0v) is 12.0. The van der Waals surface area contributed by atoms with Gasteiger partial charge in [0.15, 0.2) is 0 Å². The first kappa shape index (κ1) is 13.6. The molecule has 2 aromatic rings. The maximum absolute atomic E-state index is 12.5. The molecule has 2 aromatic carbocycles. The number of carbonyl (C=O) groups excluding carboxylic acids is 2. The van der Waals surface area contributed by atoms with Gasteiger partial charge in [-0.3, -0.25) is 9.59 Å². The Morgan fingerprint density at radius 1 is 1.24 bits per heavy atom. The molecule has 0 aromatic heterocycles. The Morgan fingerprint density at radius 3 is 2.81 bits per heavy atom. The van der Waals surface area contributed by atoms with Gasteiger partial charge in [0.25, 0.3) is 0 Å². The van der Waals surface area contributed by atoms with E-state index in [0.29, 0.717) is 19.5 Å². The summed E-state index contributed by atoms with van der Waals surface area (Å²) in [5.41, 5.74) is 0.893. The van der Waals surface area contributed by atoms with E-state index < -0.39 is 5.92 Å². The summed E-state index contributed by atoms with van der Waals surface area (Å²) >= 11 is 0. The molecule has 4 heteroatoms. The third-order valence-corrected chi connectivity index (χ3v) is 3.93. The summed E-state index contributed by atoms with van der Waals surface area (Å²) in [6, 6.07) is 13.9. The second kappa shape index (κ2) is 5.56. The summed E-state index contributed by atoms with van der Waals surface area (Å²) in [5, 5.41) is 4.89. The third-order valence-electron chi connectivity index (χ3n) is 3.93. The Morgan fingerprint density at radius 2 is 2.00 bits per heavy atom. The van der Waals surface area contributed by atoms with Crippen molar-refractivity contribution in [3.8, 4) is 0 Å². The number of carbonyl (C=O) groups is 2. The fourth-order valence-electron chi connectivity index (χ4n) is 2.90. The molecular weight excluding hydrogens is 264 g/mol. The molecule has 1 atom stereocenters. The van der Waals surface area contributed by atoms with Crippen LogP contribution in [0, 0.1) is 5.92 Å². The van der Waals surface area contributed by atoms with E-state index >= 15 is 0 Å². The minimum atomic E-state index is -0.552. The Hall–Kier alpha value is -2.36. The van der Waals surface area contributed by atoms with Crippen LogP contribution in [0.1, 0.15) is 13.3 Å². The normalized spacial score (nSPS) is 18.2. The topological polar surface area (TPSA) is 49.4 Å². The molecule has 1 N–H and O–H groups in total. The van der Waals surface area contributed by atoms with Crippen LogP contribution in [0.25, 0.3) is 10.8 Å². The Labute approximate surface area is 123 Å². The van der Waals surface area contributed by atoms with Gasteiger partial charge in [-0.2, -0.15) is 0 Å². The Kier molecular flexibility index (Phi) is 3.60. The van der Waals surface area contributed by atoms with Crippen LogP contribution in [-0.2, 0) is 9.59 Å². The minimum absolute atomic E-state index is 0.0997. The van der Waals surface area contributed by atoms with Crippen LogP contribution in [0.4, 0.5) is 5.69 Å². The van der Waals surface area contributed by atoms with E-state index in [4.69, 9.17) is 0 Å². The van der Waals surface area contributed by atoms with Crippen molar-refractivity contribution in [3.63, 3.8) is 0 Å². The van der Waals surface area contributed by atoms with Gasteiger partial charge in [0.1, 0.15) is 5.92 Å². The van der Waals surface area contributed by atoms with Gasteiger partial charge in [-0.1, -0.05) is 36.4 Å². The lowest BCUT2D eigenvalue weighted by Gasteiger charge is -2.19. The van der Waals surface area contributed by atoms with Crippen LogP contribution in [0.3, 0.4) is 0 Å². The van der Waals surface area contributed by atoms with Gasteiger partial charge in [0, 0.05) is 18.5 Å². The lowest BCUT2D eigenvalue weighted by atomic mass is 10.1.